The molecule has 112 valence electrons. The Bertz CT molecular complexity index is 605. The zero-order chi connectivity index (χ0) is 15.6. The number of halogens is 1. The maximum absolute atomic E-state index is 13.4. The molecule has 0 saturated carbocycles. The van der Waals surface area contributed by atoms with E-state index in [1.165, 1.54) is 6.07 Å². The summed E-state index contributed by atoms with van der Waals surface area (Å²) in [6.07, 6.45) is -1.53. The molecular formula is C12H11FN2O6. The predicted octanol–water partition coefficient (Wildman–Crippen LogP) is 1.30. The molecule has 0 aromatic heterocycles. The molecule has 0 radical (unpaired) electrons. The van der Waals surface area contributed by atoms with Crippen molar-refractivity contribution in [3.63, 3.8) is 0 Å². The van der Waals surface area contributed by atoms with Crippen LogP contribution in [0.5, 0.6) is 0 Å². The molecule has 1 aromatic carbocycles. The van der Waals surface area contributed by atoms with Crippen LogP contribution in [-0.4, -0.2) is 34.1 Å². The minimum atomic E-state index is -1.15. The summed E-state index contributed by atoms with van der Waals surface area (Å²) in [6.45, 7) is 0. The van der Waals surface area contributed by atoms with Crippen molar-refractivity contribution in [3.05, 3.63) is 34.1 Å². The summed E-state index contributed by atoms with van der Waals surface area (Å²) in [7, 11) is 0. The molecule has 1 heterocycles. The van der Waals surface area contributed by atoms with E-state index in [0.29, 0.717) is 0 Å². The van der Waals surface area contributed by atoms with E-state index in [-0.39, 0.29) is 18.5 Å². The number of hydrogen-bond acceptors (Lipinski definition) is 5. The molecule has 0 aliphatic carbocycles. The Labute approximate surface area is 117 Å². The fraction of sp³-hybridized carbons (Fsp3) is 0.333. The molecule has 0 bridgehead atoms. The first-order valence-electron chi connectivity index (χ1n) is 6.01. The first-order valence-corrected chi connectivity index (χ1v) is 6.01. The normalized spacial score (nSPS) is 21.0. The van der Waals surface area contributed by atoms with Gasteiger partial charge in [-0.05, 0) is 18.9 Å². The number of carbonyl (C=O) groups excluding carboxylic acids is 1. The van der Waals surface area contributed by atoms with Crippen LogP contribution in [0.4, 0.5) is 15.8 Å². The molecule has 1 saturated heterocycles. The van der Waals surface area contributed by atoms with Crippen molar-refractivity contribution in [2.24, 2.45) is 0 Å². The number of benzene rings is 1. The third-order valence-electron chi connectivity index (χ3n) is 3.00. The minimum absolute atomic E-state index is 0.0328. The van der Waals surface area contributed by atoms with Gasteiger partial charge in [0.25, 0.3) is 5.91 Å². The third kappa shape index (κ3) is 3.31. The highest BCUT2D eigenvalue weighted by Crippen LogP contribution is 2.24. The van der Waals surface area contributed by atoms with Crippen molar-refractivity contribution in [3.8, 4) is 0 Å². The first kappa shape index (κ1) is 14.9. The highest BCUT2D eigenvalue weighted by Gasteiger charge is 2.34. The quantitative estimate of drug-likeness (QED) is 0.639. The lowest BCUT2D eigenvalue weighted by molar-refractivity contribution is -0.387. The van der Waals surface area contributed by atoms with Crippen molar-refractivity contribution in [1.82, 2.24) is 0 Å². The molecule has 9 heteroatoms. The van der Waals surface area contributed by atoms with Gasteiger partial charge in [-0.1, -0.05) is 0 Å². The number of nitrogens with one attached hydrogen (secondary N) is 1. The molecule has 21 heavy (non-hydrogen) atoms. The number of aliphatic carboxylic acids is 1. The van der Waals surface area contributed by atoms with Gasteiger partial charge in [0.2, 0.25) is 5.82 Å². The van der Waals surface area contributed by atoms with Crippen molar-refractivity contribution >= 4 is 23.3 Å². The summed E-state index contributed by atoms with van der Waals surface area (Å²) in [5.41, 5.74) is -0.665. The molecule has 0 spiro atoms. The number of carbonyl (C=O) groups is 2. The second-order valence-electron chi connectivity index (χ2n) is 4.44. The fourth-order valence-corrected chi connectivity index (χ4v) is 1.97. The average molecular weight is 298 g/mol. The largest absolute Gasteiger partial charge is 0.479 e. The molecule has 8 nitrogen and oxygen atoms in total. The van der Waals surface area contributed by atoms with E-state index in [4.69, 9.17) is 9.84 Å². The van der Waals surface area contributed by atoms with Crippen LogP contribution in [0.25, 0.3) is 0 Å². The molecule has 1 fully saturated rings. The zero-order valence-electron chi connectivity index (χ0n) is 10.6. The van der Waals surface area contributed by atoms with Crippen LogP contribution in [0.2, 0.25) is 0 Å². The Hall–Kier alpha value is -2.55. The minimum Gasteiger partial charge on any atom is -0.479 e. The Morgan fingerprint density at radius 2 is 2.05 bits per heavy atom. The van der Waals surface area contributed by atoms with Crippen LogP contribution < -0.4 is 5.32 Å². The SMILES string of the molecule is O=C(O)C1CCC(C(=O)Nc2ccc([N+](=O)[O-])c(F)c2)O1. The lowest BCUT2D eigenvalue weighted by atomic mass is 10.2. The molecule has 1 aliphatic rings. The molecule has 2 atom stereocenters. The average Bonchev–Trinajstić information content (AvgIpc) is 2.88. The lowest BCUT2D eigenvalue weighted by Gasteiger charge is -2.11. The van der Waals surface area contributed by atoms with E-state index in [1.807, 2.05) is 0 Å². The van der Waals surface area contributed by atoms with Gasteiger partial charge < -0.3 is 15.2 Å². The Balaban J connectivity index is 2.02. The summed E-state index contributed by atoms with van der Waals surface area (Å²) in [6, 6.07) is 2.93. The number of nitro benzene ring substituents is 1. The van der Waals surface area contributed by atoms with E-state index in [9.17, 15) is 24.1 Å². The van der Waals surface area contributed by atoms with Crippen LogP contribution >= 0.6 is 0 Å². The molecule has 1 aliphatic heterocycles. The summed E-state index contributed by atoms with van der Waals surface area (Å²) in [4.78, 5) is 32.1. The maximum atomic E-state index is 13.4. The van der Waals surface area contributed by atoms with Crippen molar-refractivity contribution in [1.29, 1.82) is 0 Å². The molecule has 1 aromatic rings. The second-order valence-corrected chi connectivity index (χ2v) is 4.44. The number of anilines is 1. The number of carboxylic acid groups (broad SMARTS) is 1. The number of amides is 1. The third-order valence-corrected chi connectivity index (χ3v) is 3.00. The summed E-state index contributed by atoms with van der Waals surface area (Å²) >= 11 is 0. The molecule has 2 unspecified atom stereocenters. The number of hydrogen-bond donors (Lipinski definition) is 2. The van der Waals surface area contributed by atoms with Crippen molar-refractivity contribution in [2.45, 2.75) is 25.0 Å². The van der Waals surface area contributed by atoms with Crippen LogP contribution in [0.1, 0.15) is 12.8 Å². The Morgan fingerprint density at radius 3 is 2.57 bits per heavy atom. The van der Waals surface area contributed by atoms with Crippen LogP contribution in [-0.2, 0) is 14.3 Å². The summed E-state index contributed by atoms with van der Waals surface area (Å²) in [5, 5.41) is 21.5. The number of nitro groups is 1. The fourth-order valence-electron chi connectivity index (χ4n) is 1.97. The van der Waals surface area contributed by atoms with Gasteiger partial charge in [0.1, 0.15) is 6.10 Å². The second kappa shape index (κ2) is 5.83. The maximum Gasteiger partial charge on any atom is 0.332 e. The topological polar surface area (TPSA) is 119 Å². The van der Waals surface area contributed by atoms with Gasteiger partial charge in [0, 0.05) is 17.8 Å². The van der Waals surface area contributed by atoms with E-state index in [2.05, 4.69) is 5.32 Å². The van der Waals surface area contributed by atoms with Crippen LogP contribution in [0.3, 0.4) is 0 Å². The monoisotopic (exact) mass is 298 g/mol. The molecule has 1 amide bonds. The van der Waals surface area contributed by atoms with Gasteiger partial charge in [-0.25, -0.2) is 4.79 Å². The van der Waals surface area contributed by atoms with E-state index < -0.39 is 40.5 Å². The lowest BCUT2D eigenvalue weighted by Crippen LogP contribution is -2.29. The van der Waals surface area contributed by atoms with Gasteiger partial charge in [-0.3, -0.25) is 14.9 Å². The number of carboxylic acids is 1. The standard InChI is InChI=1S/C12H11FN2O6/c13-7-5-6(1-2-8(7)15(19)20)14-11(16)9-3-4-10(21-9)12(17)18/h1-2,5,9-10H,3-4H2,(H,14,16)(H,17,18). The molecular weight excluding hydrogens is 287 g/mol. The Morgan fingerprint density at radius 1 is 1.38 bits per heavy atom. The van der Waals surface area contributed by atoms with Gasteiger partial charge in [-0.2, -0.15) is 4.39 Å². The first-order chi connectivity index (χ1) is 9.88. The Kier molecular flexibility index (Phi) is 4.13. The van der Waals surface area contributed by atoms with Gasteiger partial charge in [0.05, 0.1) is 4.92 Å². The van der Waals surface area contributed by atoms with Crippen LogP contribution in [0.15, 0.2) is 18.2 Å². The number of nitrogens with zero attached hydrogens (tertiary/aromatic N) is 1. The number of rotatable bonds is 4. The molecule has 2 rings (SSSR count). The van der Waals surface area contributed by atoms with Gasteiger partial charge >= 0.3 is 11.7 Å². The predicted molar refractivity (Wildman–Crippen MR) is 67.2 cm³/mol. The highest BCUT2D eigenvalue weighted by molar-refractivity contribution is 5.94. The number of ether oxygens (including phenoxy) is 1. The van der Waals surface area contributed by atoms with E-state index in [1.54, 1.807) is 0 Å². The smallest absolute Gasteiger partial charge is 0.332 e. The van der Waals surface area contributed by atoms with Crippen molar-refractivity contribution in [2.75, 3.05) is 5.32 Å². The van der Waals surface area contributed by atoms with E-state index >= 15 is 0 Å². The summed E-state index contributed by atoms with van der Waals surface area (Å²) in [5.74, 6) is -2.84. The van der Waals surface area contributed by atoms with Crippen molar-refractivity contribution < 1.29 is 28.7 Å². The molecule has 2 N–H and O–H groups in total. The summed E-state index contributed by atoms with van der Waals surface area (Å²) < 4.78 is 18.4. The van der Waals surface area contributed by atoms with Crippen LogP contribution in [0, 0.1) is 15.9 Å². The highest BCUT2D eigenvalue weighted by atomic mass is 19.1. The van der Waals surface area contributed by atoms with Gasteiger partial charge in [-0.15, -0.1) is 0 Å². The zero-order valence-corrected chi connectivity index (χ0v) is 10.6. The van der Waals surface area contributed by atoms with Gasteiger partial charge in [0.15, 0.2) is 6.10 Å². The van der Waals surface area contributed by atoms with E-state index in [0.717, 1.165) is 12.1 Å².